The van der Waals surface area contributed by atoms with Crippen molar-refractivity contribution >= 4 is 45.6 Å². The molecule has 0 saturated carbocycles. The van der Waals surface area contributed by atoms with E-state index in [1.165, 1.54) is 12.1 Å². The zero-order valence-electron chi connectivity index (χ0n) is 13.7. The third-order valence-corrected chi connectivity index (χ3v) is 4.92. The number of ether oxygens (including phenoxy) is 1. The number of allylic oxidation sites excluding steroid dienone is 1. The van der Waals surface area contributed by atoms with Gasteiger partial charge in [-0.2, -0.15) is 0 Å². The molecule has 1 aliphatic rings. The van der Waals surface area contributed by atoms with Crippen molar-refractivity contribution in [3.05, 3.63) is 73.4 Å². The van der Waals surface area contributed by atoms with E-state index in [-0.39, 0.29) is 5.69 Å². The zero-order chi connectivity index (χ0) is 17.8. The van der Waals surface area contributed by atoms with Gasteiger partial charge in [-0.05, 0) is 59.7 Å². The summed E-state index contributed by atoms with van der Waals surface area (Å²) in [6.45, 7) is 2.16. The van der Waals surface area contributed by atoms with Crippen LogP contribution < -0.4 is 0 Å². The van der Waals surface area contributed by atoms with Gasteiger partial charge in [0.05, 0.1) is 10.6 Å². The summed E-state index contributed by atoms with van der Waals surface area (Å²) in [5.41, 5.74) is 2.60. The first-order chi connectivity index (χ1) is 12.1. The highest BCUT2D eigenvalue weighted by atomic mass is 127. The highest BCUT2D eigenvalue weighted by Gasteiger charge is 2.22. The Morgan fingerprint density at radius 1 is 1.20 bits per heavy atom. The fraction of sp³-hybridized carbons (Fsp3) is 0.211. The summed E-state index contributed by atoms with van der Waals surface area (Å²) < 4.78 is 7.26. The summed E-state index contributed by atoms with van der Waals surface area (Å²) >= 11 is 2.33. The second-order valence-corrected chi connectivity index (χ2v) is 6.98. The lowest BCUT2D eigenvalue weighted by Gasteiger charge is -2.21. The summed E-state index contributed by atoms with van der Waals surface area (Å²) in [6.07, 6.45) is 3.16. The Hall–Kier alpha value is -2.22. The van der Waals surface area contributed by atoms with Crippen molar-refractivity contribution in [2.75, 3.05) is 0 Å². The fourth-order valence-corrected chi connectivity index (χ4v) is 3.33. The first kappa shape index (κ1) is 17.6. The van der Waals surface area contributed by atoms with Gasteiger partial charge >= 0.3 is 0 Å². The van der Waals surface area contributed by atoms with Crippen molar-refractivity contribution in [3.8, 4) is 0 Å². The number of hydrogen-bond acceptors (Lipinski definition) is 4. The van der Waals surface area contributed by atoms with E-state index >= 15 is 0 Å². The number of nitrogens with zero attached hydrogens (tertiary/aromatic N) is 2. The smallest absolute Gasteiger partial charge is 0.269 e. The molecular formula is C19H17IN2O3. The average Bonchev–Trinajstić information content (AvgIpc) is 2.65. The monoisotopic (exact) mass is 448 g/mol. The van der Waals surface area contributed by atoms with Gasteiger partial charge in [0.25, 0.3) is 5.69 Å². The highest BCUT2D eigenvalue weighted by Crippen LogP contribution is 2.38. The van der Waals surface area contributed by atoms with E-state index in [1.54, 1.807) is 12.1 Å². The van der Waals surface area contributed by atoms with Crippen LogP contribution in [0.2, 0.25) is 0 Å². The third-order valence-electron chi connectivity index (χ3n) is 3.89. The molecule has 1 aliphatic heterocycles. The lowest BCUT2D eigenvalue weighted by atomic mass is 10.1. The van der Waals surface area contributed by atoms with Gasteiger partial charge in [-0.25, -0.2) is 4.99 Å². The molecule has 5 nitrogen and oxygen atoms in total. The number of nitro benzene ring substituents is 1. The summed E-state index contributed by atoms with van der Waals surface area (Å²) in [6, 6.07) is 14.1. The van der Waals surface area contributed by atoms with Crippen molar-refractivity contribution in [1.82, 2.24) is 0 Å². The summed E-state index contributed by atoms with van der Waals surface area (Å²) in [4.78, 5) is 15.0. The van der Waals surface area contributed by atoms with E-state index in [0.717, 1.165) is 45.4 Å². The molecular weight excluding hydrogens is 431 g/mol. The Balaban J connectivity index is 2.02. The van der Waals surface area contributed by atoms with Gasteiger partial charge in [-0.3, -0.25) is 10.1 Å². The molecule has 3 rings (SSSR count). The van der Waals surface area contributed by atoms with Gasteiger partial charge in [0.1, 0.15) is 5.76 Å². The van der Waals surface area contributed by atoms with Crippen molar-refractivity contribution in [2.45, 2.75) is 26.2 Å². The second-order valence-electron chi connectivity index (χ2n) is 5.68. The topological polar surface area (TPSA) is 64.7 Å². The molecule has 25 heavy (non-hydrogen) atoms. The number of benzene rings is 2. The van der Waals surface area contributed by atoms with Crippen molar-refractivity contribution in [1.29, 1.82) is 0 Å². The first-order valence-corrected chi connectivity index (χ1v) is 9.17. The molecule has 0 aromatic heterocycles. The quantitative estimate of drug-likeness (QED) is 0.320. The number of non-ortho nitro benzene ring substituents is 1. The van der Waals surface area contributed by atoms with E-state index < -0.39 is 4.92 Å². The minimum atomic E-state index is -0.415. The molecule has 128 valence electrons. The molecule has 0 fully saturated rings. The largest absolute Gasteiger partial charge is 0.437 e. The maximum Gasteiger partial charge on any atom is 0.269 e. The zero-order valence-corrected chi connectivity index (χ0v) is 15.9. The Morgan fingerprint density at radius 3 is 2.60 bits per heavy atom. The maximum absolute atomic E-state index is 10.8. The van der Waals surface area contributed by atoms with Crippen LogP contribution in [0.15, 0.2) is 57.1 Å². The first-order valence-electron chi connectivity index (χ1n) is 8.09. The number of para-hydroxylation sites is 1. The van der Waals surface area contributed by atoms with Gasteiger partial charge in [0.15, 0.2) is 0 Å². The SMILES string of the molecule is CCCC/C(I)=C1/OC(c2ccc([N+](=O)[O-])cc2)=Nc2ccccc21. The predicted molar refractivity (Wildman–Crippen MR) is 107 cm³/mol. The number of fused-ring (bicyclic) bond motifs is 1. The molecule has 0 N–H and O–H groups in total. The van der Waals surface area contributed by atoms with Crippen LogP contribution in [0.4, 0.5) is 11.4 Å². The molecule has 6 heteroatoms. The van der Waals surface area contributed by atoms with Crippen LogP contribution in [-0.4, -0.2) is 10.8 Å². The lowest BCUT2D eigenvalue weighted by molar-refractivity contribution is -0.384. The molecule has 0 amide bonds. The minimum Gasteiger partial charge on any atom is -0.437 e. The molecule has 0 radical (unpaired) electrons. The van der Waals surface area contributed by atoms with Crippen LogP contribution in [0.1, 0.15) is 37.3 Å². The number of hydrogen-bond donors (Lipinski definition) is 0. The number of rotatable bonds is 5. The molecule has 0 unspecified atom stereocenters. The Bertz CT molecular complexity index is 857. The fourth-order valence-electron chi connectivity index (χ4n) is 2.54. The van der Waals surface area contributed by atoms with E-state index in [1.807, 2.05) is 24.3 Å². The van der Waals surface area contributed by atoms with Crippen LogP contribution in [0.25, 0.3) is 5.76 Å². The number of unbranched alkanes of at least 4 members (excludes halogenated alkanes) is 1. The molecule has 0 spiro atoms. The van der Waals surface area contributed by atoms with Crippen molar-refractivity contribution < 1.29 is 9.66 Å². The van der Waals surface area contributed by atoms with E-state index in [4.69, 9.17) is 4.74 Å². The van der Waals surface area contributed by atoms with Gasteiger partial charge in [-0.1, -0.05) is 25.5 Å². The number of halogens is 1. The van der Waals surface area contributed by atoms with E-state index in [9.17, 15) is 10.1 Å². The van der Waals surface area contributed by atoms with Gasteiger partial charge in [0.2, 0.25) is 5.90 Å². The molecule has 2 aromatic rings. The maximum atomic E-state index is 10.8. The summed E-state index contributed by atoms with van der Waals surface area (Å²) in [5, 5.41) is 10.8. The molecule has 0 saturated heterocycles. The minimum absolute atomic E-state index is 0.0499. The van der Waals surface area contributed by atoms with Crippen LogP contribution in [-0.2, 0) is 4.74 Å². The predicted octanol–water partition coefficient (Wildman–Crippen LogP) is 6.00. The Kier molecular flexibility index (Phi) is 5.47. The van der Waals surface area contributed by atoms with Crippen LogP contribution in [0, 0.1) is 10.1 Å². The molecule has 1 heterocycles. The van der Waals surface area contributed by atoms with Crippen LogP contribution in [0.3, 0.4) is 0 Å². The number of aliphatic imine (C=N–C) groups is 1. The average molecular weight is 448 g/mol. The normalized spacial score (nSPS) is 15.0. The summed E-state index contributed by atoms with van der Waals surface area (Å²) in [5.74, 6) is 1.29. The Morgan fingerprint density at radius 2 is 1.92 bits per heavy atom. The van der Waals surface area contributed by atoms with Gasteiger partial charge < -0.3 is 4.74 Å². The van der Waals surface area contributed by atoms with Gasteiger partial charge in [0, 0.05) is 26.8 Å². The summed E-state index contributed by atoms with van der Waals surface area (Å²) in [7, 11) is 0. The lowest BCUT2D eigenvalue weighted by Crippen LogP contribution is -2.11. The number of nitro groups is 1. The van der Waals surface area contributed by atoms with Gasteiger partial charge in [-0.15, -0.1) is 0 Å². The highest BCUT2D eigenvalue weighted by molar-refractivity contribution is 14.1. The van der Waals surface area contributed by atoms with Crippen molar-refractivity contribution in [3.63, 3.8) is 0 Å². The standard InChI is InChI=1S/C19H17IN2O3/c1-2-3-7-16(20)18-15-6-4-5-8-17(15)21-19(25-18)13-9-11-14(12-10-13)22(23)24/h4-6,8-12H,2-3,7H2,1H3/b18-16-. The third kappa shape index (κ3) is 3.89. The Labute approximate surface area is 159 Å². The molecule has 2 aromatic carbocycles. The van der Waals surface area contributed by atoms with Crippen molar-refractivity contribution in [2.24, 2.45) is 4.99 Å². The molecule has 0 bridgehead atoms. The second kappa shape index (κ2) is 7.77. The van der Waals surface area contributed by atoms with E-state index in [2.05, 4.69) is 34.5 Å². The van der Waals surface area contributed by atoms with Crippen LogP contribution in [0.5, 0.6) is 0 Å². The van der Waals surface area contributed by atoms with Crippen LogP contribution >= 0.6 is 22.6 Å². The molecule has 0 atom stereocenters. The van der Waals surface area contributed by atoms with E-state index in [0.29, 0.717) is 5.90 Å². The molecule has 0 aliphatic carbocycles.